The van der Waals surface area contributed by atoms with Crippen LogP contribution in [0, 0.1) is 0 Å². The summed E-state index contributed by atoms with van der Waals surface area (Å²) in [5.74, 6) is 1.42. The Labute approximate surface area is 163 Å². The van der Waals surface area contributed by atoms with Crippen LogP contribution in [-0.2, 0) is 4.79 Å². The highest BCUT2D eigenvalue weighted by Gasteiger charge is 2.02. The molecule has 0 spiro atoms. The number of amides is 1. The van der Waals surface area contributed by atoms with Gasteiger partial charge in [0.15, 0.2) is 5.11 Å². The third kappa shape index (κ3) is 7.62. The van der Waals surface area contributed by atoms with E-state index in [9.17, 15) is 4.79 Å². The Hall–Kier alpha value is -2.45. The fourth-order valence-electron chi connectivity index (χ4n) is 1.96. The lowest BCUT2D eigenvalue weighted by molar-refractivity contribution is -0.119. The first kappa shape index (κ1) is 19.9. The summed E-state index contributed by atoms with van der Waals surface area (Å²) in [4.78, 5) is 13.0. The number of rotatable bonds is 8. The Kier molecular flexibility index (Phi) is 8.57. The van der Waals surface area contributed by atoms with Crippen molar-refractivity contribution in [1.82, 2.24) is 16.2 Å². The molecular weight excluding hydrogens is 368 g/mol. The first-order valence-electron chi connectivity index (χ1n) is 8.06. The average Bonchev–Trinajstić information content (AvgIpc) is 2.69. The summed E-state index contributed by atoms with van der Waals surface area (Å²) >= 11 is 6.87. The maximum atomic E-state index is 11.8. The van der Waals surface area contributed by atoms with E-state index in [2.05, 4.69) is 33.6 Å². The van der Waals surface area contributed by atoms with Crippen LogP contribution in [0.1, 0.15) is 0 Å². The fraction of sp³-hybridized carbons (Fsp3) is 0.222. The summed E-state index contributed by atoms with van der Waals surface area (Å²) in [5, 5.41) is 6.45. The molecule has 0 aliphatic carbocycles. The van der Waals surface area contributed by atoms with Crippen LogP contribution >= 0.6 is 24.0 Å². The molecular formula is C18H22N4O2S2. The zero-order valence-electron chi connectivity index (χ0n) is 14.5. The van der Waals surface area contributed by atoms with Crippen LogP contribution in [0.25, 0.3) is 0 Å². The lowest BCUT2D eigenvalue weighted by Gasteiger charge is -2.12. The molecule has 0 atom stereocenters. The minimum atomic E-state index is -0.219. The molecule has 0 aromatic heterocycles. The highest BCUT2D eigenvalue weighted by molar-refractivity contribution is 7.99. The predicted octanol–water partition coefficient (Wildman–Crippen LogP) is 2.39. The summed E-state index contributed by atoms with van der Waals surface area (Å²) in [6.45, 7) is 0.831. The van der Waals surface area contributed by atoms with Crippen LogP contribution in [0.15, 0.2) is 59.5 Å². The molecule has 6 nitrogen and oxygen atoms in total. The maximum Gasteiger partial charge on any atom is 0.257 e. The van der Waals surface area contributed by atoms with Crippen LogP contribution < -0.4 is 26.2 Å². The van der Waals surface area contributed by atoms with E-state index in [0.717, 1.165) is 17.2 Å². The number of nitrogens with one attached hydrogen (secondary N) is 4. The van der Waals surface area contributed by atoms with E-state index in [1.54, 1.807) is 18.9 Å². The molecule has 0 saturated heterocycles. The smallest absolute Gasteiger partial charge is 0.257 e. The second-order valence-electron chi connectivity index (χ2n) is 5.17. The molecule has 4 N–H and O–H groups in total. The van der Waals surface area contributed by atoms with Gasteiger partial charge in [0.05, 0.1) is 13.7 Å². The van der Waals surface area contributed by atoms with Gasteiger partial charge in [-0.15, -0.1) is 11.8 Å². The highest BCUT2D eigenvalue weighted by Crippen LogP contribution is 2.16. The largest absolute Gasteiger partial charge is 0.497 e. The van der Waals surface area contributed by atoms with Gasteiger partial charge in [0, 0.05) is 22.9 Å². The average molecular weight is 391 g/mol. The molecule has 0 saturated carbocycles. The minimum Gasteiger partial charge on any atom is -0.497 e. The molecule has 0 bridgehead atoms. The van der Waals surface area contributed by atoms with E-state index in [4.69, 9.17) is 17.0 Å². The molecule has 0 aliphatic heterocycles. The van der Waals surface area contributed by atoms with Crippen LogP contribution in [0.3, 0.4) is 0 Å². The molecule has 0 heterocycles. The van der Waals surface area contributed by atoms with Gasteiger partial charge in [-0.2, -0.15) is 0 Å². The SMILES string of the molecule is COc1ccc(NCC(=O)NNC(=S)NCCSc2ccccc2)cc1. The molecule has 2 aromatic rings. The van der Waals surface area contributed by atoms with Crippen molar-refractivity contribution >= 4 is 40.7 Å². The van der Waals surface area contributed by atoms with Gasteiger partial charge in [-0.3, -0.25) is 15.6 Å². The number of hydrazine groups is 1. The van der Waals surface area contributed by atoms with Gasteiger partial charge < -0.3 is 15.4 Å². The number of carbonyl (C=O) groups excluding carboxylic acids is 1. The van der Waals surface area contributed by atoms with Crippen LogP contribution in [0.4, 0.5) is 5.69 Å². The number of carbonyl (C=O) groups is 1. The summed E-state index contributed by atoms with van der Waals surface area (Å²) < 4.78 is 5.09. The van der Waals surface area contributed by atoms with E-state index in [1.807, 2.05) is 42.5 Å². The zero-order valence-corrected chi connectivity index (χ0v) is 16.1. The van der Waals surface area contributed by atoms with Crippen molar-refractivity contribution in [2.45, 2.75) is 4.90 Å². The van der Waals surface area contributed by atoms with Crippen molar-refractivity contribution in [3.8, 4) is 5.75 Å². The molecule has 26 heavy (non-hydrogen) atoms. The number of anilines is 1. The number of methoxy groups -OCH3 is 1. The van der Waals surface area contributed by atoms with Gasteiger partial charge in [0.1, 0.15) is 5.75 Å². The minimum absolute atomic E-state index is 0.131. The number of thiocarbonyl (C=S) groups is 1. The number of benzene rings is 2. The van der Waals surface area contributed by atoms with E-state index >= 15 is 0 Å². The van der Waals surface area contributed by atoms with Gasteiger partial charge >= 0.3 is 0 Å². The second kappa shape index (κ2) is 11.2. The zero-order chi connectivity index (χ0) is 18.6. The Morgan fingerprint density at radius 2 is 1.81 bits per heavy atom. The van der Waals surface area contributed by atoms with Crippen LogP contribution in [0.2, 0.25) is 0 Å². The lowest BCUT2D eigenvalue weighted by atomic mass is 10.3. The summed E-state index contributed by atoms with van der Waals surface area (Å²) in [6, 6.07) is 17.5. The monoisotopic (exact) mass is 390 g/mol. The van der Waals surface area contributed by atoms with E-state index in [-0.39, 0.29) is 12.5 Å². The Morgan fingerprint density at radius 1 is 1.08 bits per heavy atom. The van der Waals surface area contributed by atoms with Gasteiger partial charge in [-0.1, -0.05) is 18.2 Å². The molecule has 2 rings (SSSR count). The van der Waals surface area contributed by atoms with E-state index in [1.165, 1.54) is 4.90 Å². The Bertz CT molecular complexity index is 696. The first-order chi connectivity index (χ1) is 12.7. The third-order valence-corrected chi connectivity index (χ3v) is 4.52. The van der Waals surface area contributed by atoms with E-state index < -0.39 is 0 Å². The fourth-order valence-corrected chi connectivity index (χ4v) is 2.90. The summed E-state index contributed by atoms with van der Waals surface area (Å²) in [6.07, 6.45) is 0. The molecule has 0 radical (unpaired) electrons. The summed E-state index contributed by atoms with van der Waals surface area (Å²) in [7, 11) is 1.61. The molecule has 1 amide bonds. The normalized spacial score (nSPS) is 9.88. The standard InChI is InChI=1S/C18H22N4O2S2/c1-24-15-9-7-14(8-10-15)20-13-17(23)21-22-18(25)19-11-12-26-16-5-3-2-4-6-16/h2-10,20H,11-13H2,1H3,(H,21,23)(H2,19,22,25). The number of hydrogen-bond donors (Lipinski definition) is 4. The van der Waals surface area contributed by atoms with Crippen molar-refractivity contribution < 1.29 is 9.53 Å². The van der Waals surface area contributed by atoms with Crippen LogP contribution in [-0.4, -0.2) is 37.0 Å². The van der Waals surface area contributed by atoms with Gasteiger partial charge in [0.25, 0.3) is 5.91 Å². The molecule has 138 valence electrons. The van der Waals surface area contributed by atoms with Crippen molar-refractivity contribution in [2.75, 3.05) is 31.3 Å². The van der Waals surface area contributed by atoms with Gasteiger partial charge in [-0.25, -0.2) is 0 Å². The molecule has 8 heteroatoms. The first-order valence-corrected chi connectivity index (χ1v) is 9.45. The topological polar surface area (TPSA) is 74.4 Å². The third-order valence-electron chi connectivity index (χ3n) is 3.26. The van der Waals surface area contributed by atoms with Crippen molar-refractivity contribution in [2.24, 2.45) is 0 Å². The van der Waals surface area contributed by atoms with Crippen molar-refractivity contribution in [1.29, 1.82) is 0 Å². The molecule has 0 aliphatic rings. The predicted molar refractivity (Wildman–Crippen MR) is 111 cm³/mol. The number of hydrogen-bond acceptors (Lipinski definition) is 5. The number of ether oxygens (including phenoxy) is 1. The maximum absolute atomic E-state index is 11.8. The van der Waals surface area contributed by atoms with Crippen LogP contribution in [0.5, 0.6) is 5.75 Å². The Morgan fingerprint density at radius 3 is 2.50 bits per heavy atom. The van der Waals surface area contributed by atoms with Crippen molar-refractivity contribution in [3.63, 3.8) is 0 Å². The molecule has 0 unspecified atom stereocenters. The van der Waals surface area contributed by atoms with Gasteiger partial charge in [-0.05, 0) is 48.6 Å². The highest BCUT2D eigenvalue weighted by atomic mass is 32.2. The summed E-state index contributed by atoms with van der Waals surface area (Å²) in [5.41, 5.74) is 6.07. The second-order valence-corrected chi connectivity index (χ2v) is 6.75. The van der Waals surface area contributed by atoms with E-state index in [0.29, 0.717) is 11.7 Å². The molecule has 2 aromatic carbocycles. The lowest BCUT2D eigenvalue weighted by Crippen LogP contribution is -2.48. The quantitative estimate of drug-likeness (QED) is 0.239. The Balaban J connectivity index is 1.55. The van der Waals surface area contributed by atoms with Crippen molar-refractivity contribution in [3.05, 3.63) is 54.6 Å². The van der Waals surface area contributed by atoms with Gasteiger partial charge in [0.2, 0.25) is 0 Å². The molecule has 0 fully saturated rings. The number of thioether (sulfide) groups is 1.